The fraction of sp³-hybridized carbons (Fsp3) is 0.370. The highest BCUT2D eigenvalue weighted by Gasteiger charge is 2.22. The molecule has 2 aromatic heterocycles. The summed E-state index contributed by atoms with van der Waals surface area (Å²) in [4.78, 5) is 12.8. The molecule has 4 rings (SSSR count). The standard InChI is InChI=1S/C27H32FN5O5S/c1-7-16-8-9-19(35-5)21(10-16)39-32-25-22-20(38-31-25)11-18(23(28)24(22)36-6)15-33-14-17(13-30-33)12-29-26(34)37-27(2,3)4/h8-11,13-14H,7,12,15H2,1-6H3,(H,29,34)(H,31,32). The number of anilines is 1. The topological polar surface area (TPSA) is 113 Å². The third-order valence-electron chi connectivity index (χ3n) is 5.69. The minimum Gasteiger partial charge on any atom is -0.496 e. The van der Waals surface area contributed by atoms with Crippen molar-refractivity contribution >= 4 is 34.8 Å². The third kappa shape index (κ3) is 6.75. The number of halogens is 1. The average Bonchev–Trinajstić information content (AvgIpc) is 3.52. The summed E-state index contributed by atoms with van der Waals surface area (Å²) in [5.74, 6) is 0.504. The zero-order valence-electron chi connectivity index (χ0n) is 22.8. The van der Waals surface area contributed by atoms with Crippen molar-refractivity contribution in [2.75, 3.05) is 18.9 Å². The van der Waals surface area contributed by atoms with Crippen LogP contribution in [-0.4, -0.2) is 40.9 Å². The van der Waals surface area contributed by atoms with E-state index in [1.807, 2.05) is 18.2 Å². The number of carbonyl (C=O) groups excluding carboxylic acids is 1. The molecule has 1 amide bonds. The molecule has 39 heavy (non-hydrogen) atoms. The van der Waals surface area contributed by atoms with Gasteiger partial charge in [-0.1, -0.05) is 18.1 Å². The molecule has 0 aliphatic carbocycles. The Bertz CT molecular complexity index is 1460. The first-order chi connectivity index (χ1) is 18.6. The van der Waals surface area contributed by atoms with Gasteiger partial charge in [-0.2, -0.15) is 5.10 Å². The summed E-state index contributed by atoms with van der Waals surface area (Å²) in [6, 6.07) is 7.52. The molecule has 0 saturated carbocycles. The van der Waals surface area contributed by atoms with Gasteiger partial charge in [0.25, 0.3) is 0 Å². The number of ether oxygens (including phenoxy) is 3. The number of fused-ring (bicyclic) bond motifs is 1. The predicted octanol–water partition coefficient (Wildman–Crippen LogP) is 5.94. The van der Waals surface area contributed by atoms with Crippen LogP contribution in [0.5, 0.6) is 11.5 Å². The first kappa shape index (κ1) is 28.1. The molecule has 4 aromatic rings. The molecule has 0 atom stereocenters. The Labute approximate surface area is 230 Å². The Hall–Kier alpha value is -3.93. The van der Waals surface area contributed by atoms with Crippen LogP contribution in [0.1, 0.15) is 44.4 Å². The third-order valence-corrected chi connectivity index (χ3v) is 6.52. The fourth-order valence-electron chi connectivity index (χ4n) is 3.85. The van der Waals surface area contributed by atoms with Gasteiger partial charge in [0.05, 0.1) is 31.9 Å². The van der Waals surface area contributed by atoms with Crippen molar-refractivity contribution in [2.24, 2.45) is 0 Å². The number of nitrogens with zero attached hydrogens (tertiary/aromatic N) is 3. The molecule has 0 saturated heterocycles. The summed E-state index contributed by atoms with van der Waals surface area (Å²) in [6.07, 6.45) is 3.67. The van der Waals surface area contributed by atoms with Crippen LogP contribution in [0.3, 0.4) is 0 Å². The number of nitrogens with one attached hydrogen (secondary N) is 2. The van der Waals surface area contributed by atoms with Gasteiger partial charge in [0.15, 0.2) is 23.0 Å². The summed E-state index contributed by atoms with van der Waals surface area (Å²) in [5, 5.41) is 11.5. The van der Waals surface area contributed by atoms with Crippen LogP contribution in [0, 0.1) is 5.82 Å². The lowest BCUT2D eigenvalue weighted by Crippen LogP contribution is -2.32. The normalized spacial score (nSPS) is 11.5. The van der Waals surface area contributed by atoms with Crippen LogP contribution in [0.4, 0.5) is 15.0 Å². The van der Waals surface area contributed by atoms with E-state index in [1.165, 1.54) is 19.1 Å². The number of benzene rings is 2. The molecule has 10 nitrogen and oxygen atoms in total. The number of hydrogen-bond acceptors (Lipinski definition) is 9. The first-order valence-electron chi connectivity index (χ1n) is 12.3. The number of aromatic nitrogens is 3. The highest BCUT2D eigenvalue weighted by atomic mass is 32.2. The van der Waals surface area contributed by atoms with Gasteiger partial charge in [-0.3, -0.25) is 4.68 Å². The van der Waals surface area contributed by atoms with Crippen molar-refractivity contribution in [2.45, 2.75) is 57.7 Å². The highest BCUT2D eigenvalue weighted by Crippen LogP contribution is 2.39. The van der Waals surface area contributed by atoms with Crippen LogP contribution in [0.15, 0.2) is 46.1 Å². The first-order valence-corrected chi connectivity index (χ1v) is 13.2. The number of carbonyl (C=O) groups is 1. The van der Waals surface area contributed by atoms with Crippen LogP contribution in [-0.2, 0) is 24.2 Å². The lowest BCUT2D eigenvalue weighted by atomic mass is 10.1. The second kappa shape index (κ2) is 11.9. The van der Waals surface area contributed by atoms with Gasteiger partial charge in [-0.15, -0.1) is 0 Å². The Balaban J connectivity index is 1.51. The molecule has 0 radical (unpaired) electrons. The van der Waals surface area contributed by atoms with E-state index in [0.717, 1.165) is 22.4 Å². The van der Waals surface area contributed by atoms with Gasteiger partial charge >= 0.3 is 6.09 Å². The van der Waals surface area contributed by atoms with Crippen LogP contribution >= 0.6 is 11.9 Å². The predicted molar refractivity (Wildman–Crippen MR) is 147 cm³/mol. The molecular weight excluding hydrogens is 525 g/mol. The number of hydrogen-bond donors (Lipinski definition) is 2. The molecule has 12 heteroatoms. The Morgan fingerprint density at radius 1 is 1.18 bits per heavy atom. The van der Waals surface area contributed by atoms with Crippen LogP contribution in [0.25, 0.3) is 11.0 Å². The minimum atomic E-state index is -0.592. The number of methoxy groups -OCH3 is 2. The quantitative estimate of drug-likeness (QED) is 0.229. The molecular formula is C27H32FN5O5S. The molecule has 2 heterocycles. The molecule has 0 spiro atoms. The second-order valence-electron chi connectivity index (χ2n) is 9.73. The van der Waals surface area contributed by atoms with Gasteiger partial charge in [0.2, 0.25) is 0 Å². The maximum absolute atomic E-state index is 15.6. The molecule has 2 N–H and O–H groups in total. The van der Waals surface area contributed by atoms with Crippen molar-refractivity contribution in [3.8, 4) is 11.5 Å². The fourth-order valence-corrected chi connectivity index (χ4v) is 4.65. The second-order valence-corrected chi connectivity index (χ2v) is 10.6. The number of amides is 1. The molecule has 208 valence electrons. The summed E-state index contributed by atoms with van der Waals surface area (Å²) in [5.41, 5.74) is 1.97. The van der Waals surface area contributed by atoms with Crippen molar-refractivity contribution in [3.63, 3.8) is 0 Å². The highest BCUT2D eigenvalue weighted by molar-refractivity contribution is 8.00. The summed E-state index contributed by atoms with van der Waals surface area (Å²) < 4.78 is 42.0. The number of rotatable bonds is 10. The smallest absolute Gasteiger partial charge is 0.407 e. The van der Waals surface area contributed by atoms with E-state index < -0.39 is 17.5 Å². The maximum atomic E-state index is 15.6. The SMILES string of the molecule is CCc1ccc(OC)c(SNc2noc3cc(Cn4cc(CNC(=O)OC(C)(C)C)cn4)c(F)c(OC)c23)c1. The molecule has 0 bridgehead atoms. The van der Waals surface area contributed by atoms with Gasteiger partial charge in [0.1, 0.15) is 16.7 Å². The van der Waals surface area contributed by atoms with E-state index in [-0.39, 0.29) is 18.8 Å². The van der Waals surface area contributed by atoms with Crippen molar-refractivity contribution in [1.82, 2.24) is 20.3 Å². The van der Waals surface area contributed by atoms with E-state index in [2.05, 4.69) is 27.2 Å². The molecule has 0 fully saturated rings. The van der Waals surface area contributed by atoms with E-state index in [0.29, 0.717) is 28.1 Å². The number of alkyl carbamates (subject to hydrolysis) is 1. The molecule has 2 aromatic carbocycles. The monoisotopic (exact) mass is 557 g/mol. The van der Waals surface area contributed by atoms with Crippen molar-refractivity contribution in [3.05, 3.63) is 59.2 Å². The lowest BCUT2D eigenvalue weighted by molar-refractivity contribution is 0.0523. The zero-order valence-corrected chi connectivity index (χ0v) is 23.6. The minimum absolute atomic E-state index is 0.0140. The van der Waals surface area contributed by atoms with Crippen LogP contribution in [0.2, 0.25) is 0 Å². The molecule has 0 aliphatic heterocycles. The largest absolute Gasteiger partial charge is 0.496 e. The van der Waals surface area contributed by atoms with E-state index in [4.69, 9.17) is 18.7 Å². The Kier molecular flexibility index (Phi) is 8.54. The molecule has 0 aliphatic rings. The maximum Gasteiger partial charge on any atom is 0.407 e. The molecule has 0 unspecified atom stereocenters. The van der Waals surface area contributed by atoms with Gasteiger partial charge in [-0.25, -0.2) is 9.18 Å². The Morgan fingerprint density at radius 3 is 2.67 bits per heavy atom. The average molecular weight is 558 g/mol. The van der Waals surface area contributed by atoms with E-state index in [9.17, 15) is 4.79 Å². The van der Waals surface area contributed by atoms with Gasteiger partial charge in [-0.05, 0) is 62.9 Å². The van der Waals surface area contributed by atoms with Gasteiger partial charge in [0, 0.05) is 23.9 Å². The Morgan fingerprint density at radius 2 is 1.97 bits per heavy atom. The van der Waals surface area contributed by atoms with Gasteiger partial charge < -0.3 is 28.8 Å². The summed E-state index contributed by atoms with van der Waals surface area (Å²) in [7, 11) is 3.00. The van der Waals surface area contributed by atoms with E-state index in [1.54, 1.807) is 51.0 Å². The zero-order chi connectivity index (χ0) is 28.2. The summed E-state index contributed by atoms with van der Waals surface area (Å²) in [6.45, 7) is 7.78. The summed E-state index contributed by atoms with van der Waals surface area (Å²) >= 11 is 1.29. The number of aryl methyl sites for hydroxylation is 1. The van der Waals surface area contributed by atoms with Crippen molar-refractivity contribution < 1.29 is 27.9 Å². The van der Waals surface area contributed by atoms with Crippen molar-refractivity contribution in [1.29, 1.82) is 0 Å². The van der Waals surface area contributed by atoms with Crippen LogP contribution < -0.4 is 19.5 Å². The lowest BCUT2D eigenvalue weighted by Gasteiger charge is -2.19. The van der Waals surface area contributed by atoms with E-state index >= 15 is 4.39 Å².